The van der Waals surface area contributed by atoms with Crippen molar-refractivity contribution in [1.82, 2.24) is 4.90 Å². The van der Waals surface area contributed by atoms with Gasteiger partial charge in [0.2, 0.25) is 0 Å². The Labute approximate surface area is 169 Å². The van der Waals surface area contributed by atoms with Crippen LogP contribution in [0.1, 0.15) is 15.2 Å². The van der Waals surface area contributed by atoms with Crippen LogP contribution in [0, 0.1) is 0 Å². The maximum Gasteiger partial charge on any atom is 0.317 e. The minimum atomic E-state index is -0.725. The molecule has 1 aliphatic heterocycles. The fourth-order valence-electron chi connectivity index (χ4n) is 3.23. The number of fused-ring (bicyclic) bond motifs is 1. The van der Waals surface area contributed by atoms with Crippen molar-refractivity contribution < 1.29 is 14.3 Å². The molecule has 1 fully saturated rings. The number of ether oxygens (including phenoxy) is 1. The summed E-state index contributed by atoms with van der Waals surface area (Å²) in [5, 5.41) is 4.00. The van der Waals surface area contributed by atoms with Crippen LogP contribution in [0.15, 0.2) is 30.3 Å². The molecule has 3 heterocycles. The SMILES string of the molecule is NC(=O)Nc1sc(-c2ccc3sc(CN4CCOCC4)cc3c2)cc1C(N)=O. The molecule has 0 saturated carbocycles. The molecule has 0 bridgehead atoms. The summed E-state index contributed by atoms with van der Waals surface area (Å²) < 4.78 is 6.63. The molecule has 1 aromatic carbocycles. The van der Waals surface area contributed by atoms with Gasteiger partial charge in [-0.1, -0.05) is 6.07 Å². The third-order valence-corrected chi connectivity index (χ3v) is 6.77. The van der Waals surface area contributed by atoms with Gasteiger partial charge < -0.3 is 16.2 Å². The van der Waals surface area contributed by atoms with Crippen molar-refractivity contribution in [3.63, 3.8) is 0 Å². The van der Waals surface area contributed by atoms with Crippen molar-refractivity contribution in [1.29, 1.82) is 0 Å². The second kappa shape index (κ2) is 7.88. The number of morpholine rings is 1. The van der Waals surface area contributed by atoms with E-state index in [-0.39, 0.29) is 5.56 Å². The molecule has 0 radical (unpaired) electrons. The first-order valence-corrected chi connectivity index (χ1v) is 10.5. The van der Waals surface area contributed by atoms with Gasteiger partial charge in [-0.3, -0.25) is 15.0 Å². The number of benzene rings is 1. The molecule has 28 heavy (non-hydrogen) atoms. The molecule has 5 N–H and O–H groups in total. The molecule has 2 aromatic heterocycles. The van der Waals surface area contributed by atoms with Crippen LogP contribution in [0.2, 0.25) is 0 Å². The predicted molar refractivity (Wildman–Crippen MR) is 113 cm³/mol. The summed E-state index contributed by atoms with van der Waals surface area (Å²) in [5.41, 5.74) is 11.8. The lowest BCUT2D eigenvalue weighted by molar-refractivity contribution is 0.0346. The minimum Gasteiger partial charge on any atom is -0.379 e. The van der Waals surface area contributed by atoms with Crippen LogP contribution in [-0.2, 0) is 11.3 Å². The average molecular weight is 417 g/mol. The van der Waals surface area contributed by atoms with Gasteiger partial charge in [0.15, 0.2) is 0 Å². The van der Waals surface area contributed by atoms with Gasteiger partial charge in [0.05, 0.1) is 18.8 Å². The van der Waals surface area contributed by atoms with Gasteiger partial charge in [-0.2, -0.15) is 0 Å². The zero-order valence-electron chi connectivity index (χ0n) is 15.1. The van der Waals surface area contributed by atoms with Crippen LogP contribution in [0.3, 0.4) is 0 Å². The van der Waals surface area contributed by atoms with Crippen LogP contribution >= 0.6 is 22.7 Å². The number of hydrogen-bond donors (Lipinski definition) is 3. The van der Waals surface area contributed by atoms with E-state index in [1.807, 2.05) is 6.07 Å². The number of carbonyl (C=O) groups is 2. The Morgan fingerprint density at radius 3 is 2.61 bits per heavy atom. The van der Waals surface area contributed by atoms with E-state index in [0.717, 1.165) is 48.7 Å². The van der Waals surface area contributed by atoms with E-state index >= 15 is 0 Å². The number of hydrogen-bond acceptors (Lipinski definition) is 6. The second-order valence-corrected chi connectivity index (χ2v) is 8.78. The third kappa shape index (κ3) is 4.02. The monoisotopic (exact) mass is 416 g/mol. The van der Waals surface area contributed by atoms with Gasteiger partial charge in [0.25, 0.3) is 5.91 Å². The maximum atomic E-state index is 11.7. The number of urea groups is 1. The fourth-order valence-corrected chi connectivity index (χ4v) is 5.38. The Balaban J connectivity index is 1.62. The maximum absolute atomic E-state index is 11.7. The first kappa shape index (κ1) is 18.9. The van der Waals surface area contributed by atoms with Crippen molar-refractivity contribution in [2.45, 2.75) is 6.54 Å². The highest BCUT2D eigenvalue weighted by molar-refractivity contribution is 7.20. The quantitative estimate of drug-likeness (QED) is 0.593. The highest BCUT2D eigenvalue weighted by Gasteiger charge is 2.17. The van der Waals surface area contributed by atoms with Crippen LogP contribution < -0.4 is 16.8 Å². The number of rotatable bonds is 5. The summed E-state index contributed by atoms with van der Waals surface area (Å²) in [5.74, 6) is -0.601. The summed E-state index contributed by atoms with van der Waals surface area (Å²) in [6, 6.07) is 9.38. The highest BCUT2D eigenvalue weighted by Crippen LogP contribution is 2.38. The van der Waals surface area contributed by atoms with E-state index in [9.17, 15) is 9.59 Å². The number of amides is 3. The van der Waals surface area contributed by atoms with Crippen molar-refractivity contribution in [3.05, 3.63) is 40.8 Å². The molecule has 9 heteroatoms. The molecule has 3 amide bonds. The van der Waals surface area contributed by atoms with Gasteiger partial charge >= 0.3 is 6.03 Å². The van der Waals surface area contributed by atoms with Crippen molar-refractivity contribution in [2.24, 2.45) is 11.5 Å². The Hall–Kier alpha value is -2.46. The standard InChI is InChI=1S/C19H20N4O3S2/c20-17(24)14-9-16(28-18(14)22-19(21)25)11-1-2-15-12(7-11)8-13(27-15)10-23-3-5-26-6-4-23/h1-2,7-9H,3-6,10H2,(H2,20,24)(H3,21,22,25). The molecule has 4 rings (SSSR count). The van der Waals surface area contributed by atoms with Gasteiger partial charge in [0.1, 0.15) is 5.00 Å². The number of anilines is 1. The molecular formula is C19H20N4O3S2. The molecule has 0 unspecified atom stereocenters. The van der Waals surface area contributed by atoms with Gasteiger partial charge in [-0.05, 0) is 35.2 Å². The number of primary amides is 2. The summed E-state index contributed by atoms with van der Waals surface area (Å²) in [6.45, 7) is 4.42. The Bertz CT molecular complexity index is 1040. The molecule has 1 aliphatic rings. The molecule has 0 spiro atoms. The Kier molecular flexibility index (Phi) is 5.31. The molecular weight excluding hydrogens is 396 g/mol. The zero-order valence-corrected chi connectivity index (χ0v) is 16.7. The van der Waals surface area contributed by atoms with E-state index in [1.54, 1.807) is 17.4 Å². The van der Waals surface area contributed by atoms with Crippen molar-refractivity contribution >= 4 is 49.7 Å². The number of nitrogens with one attached hydrogen (secondary N) is 1. The summed E-state index contributed by atoms with van der Waals surface area (Å²) >= 11 is 3.07. The average Bonchev–Trinajstić information content (AvgIpc) is 3.25. The van der Waals surface area contributed by atoms with E-state index in [4.69, 9.17) is 16.2 Å². The normalized spacial score (nSPS) is 15.0. The van der Waals surface area contributed by atoms with Crippen molar-refractivity contribution in [2.75, 3.05) is 31.6 Å². The Morgan fingerprint density at radius 1 is 1.11 bits per heavy atom. The third-order valence-electron chi connectivity index (χ3n) is 4.57. The number of carbonyl (C=O) groups excluding carboxylic acids is 2. The van der Waals surface area contributed by atoms with Gasteiger partial charge in [-0.15, -0.1) is 22.7 Å². The van der Waals surface area contributed by atoms with Crippen molar-refractivity contribution in [3.8, 4) is 10.4 Å². The zero-order chi connectivity index (χ0) is 19.7. The number of nitrogens with two attached hydrogens (primary N) is 2. The van der Waals surface area contributed by atoms with E-state index in [0.29, 0.717) is 5.00 Å². The molecule has 3 aromatic rings. The first-order valence-electron chi connectivity index (χ1n) is 8.82. The predicted octanol–water partition coefficient (Wildman–Crippen LogP) is 3.05. The highest BCUT2D eigenvalue weighted by atomic mass is 32.1. The van der Waals surface area contributed by atoms with Crippen LogP contribution in [0.5, 0.6) is 0 Å². The lowest BCUT2D eigenvalue weighted by Gasteiger charge is -2.25. The molecule has 146 valence electrons. The van der Waals surface area contributed by atoms with Gasteiger partial charge in [0, 0.05) is 34.1 Å². The summed E-state index contributed by atoms with van der Waals surface area (Å²) in [7, 11) is 0. The van der Waals surface area contributed by atoms with E-state index in [2.05, 4.69) is 28.4 Å². The lowest BCUT2D eigenvalue weighted by Crippen LogP contribution is -2.35. The van der Waals surface area contributed by atoms with E-state index in [1.165, 1.54) is 20.9 Å². The van der Waals surface area contributed by atoms with Crippen LogP contribution in [-0.4, -0.2) is 43.1 Å². The number of nitrogens with zero attached hydrogens (tertiary/aromatic N) is 1. The topological polar surface area (TPSA) is 111 Å². The summed E-state index contributed by atoms with van der Waals surface area (Å²) in [4.78, 5) is 27.4. The van der Waals surface area contributed by atoms with Crippen LogP contribution in [0.25, 0.3) is 20.5 Å². The summed E-state index contributed by atoms with van der Waals surface area (Å²) in [6.07, 6.45) is 0. The van der Waals surface area contributed by atoms with Gasteiger partial charge in [-0.25, -0.2) is 4.79 Å². The molecule has 0 atom stereocenters. The molecule has 0 aliphatic carbocycles. The lowest BCUT2D eigenvalue weighted by atomic mass is 10.1. The largest absolute Gasteiger partial charge is 0.379 e. The second-order valence-electron chi connectivity index (χ2n) is 6.56. The van der Waals surface area contributed by atoms with Crippen LogP contribution in [0.4, 0.5) is 9.80 Å². The molecule has 1 saturated heterocycles. The Morgan fingerprint density at radius 2 is 1.89 bits per heavy atom. The minimum absolute atomic E-state index is 0.261. The van der Waals surface area contributed by atoms with E-state index < -0.39 is 11.9 Å². The fraction of sp³-hybridized carbons (Fsp3) is 0.263. The number of thiophene rings is 2. The first-order chi connectivity index (χ1) is 13.5. The molecule has 7 nitrogen and oxygen atoms in total. The smallest absolute Gasteiger partial charge is 0.317 e.